The maximum absolute atomic E-state index is 11.6. The zero-order valence-corrected chi connectivity index (χ0v) is 22.8. The van der Waals surface area contributed by atoms with Gasteiger partial charge in [0.25, 0.3) is 0 Å². The van der Waals surface area contributed by atoms with Crippen LogP contribution in [0.3, 0.4) is 0 Å². The van der Waals surface area contributed by atoms with Crippen LogP contribution in [0.1, 0.15) is 55.9 Å². The summed E-state index contributed by atoms with van der Waals surface area (Å²) < 4.78 is 6.29. The van der Waals surface area contributed by atoms with Gasteiger partial charge in [-0.2, -0.15) is 5.26 Å². The number of nitriles is 1. The number of fused-ring (bicyclic) bond motifs is 1. The van der Waals surface area contributed by atoms with Crippen molar-refractivity contribution in [3.63, 3.8) is 0 Å². The topological polar surface area (TPSA) is 94.4 Å². The minimum Gasteiger partial charge on any atom is -0.437 e. The van der Waals surface area contributed by atoms with Crippen LogP contribution in [0, 0.1) is 11.3 Å². The lowest BCUT2D eigenvalue weighted by molar-refractivity contribution is -0.129. The lowest BCUT2D eigenvalue weighted by atomic mass is 9.96. The molecule has 1 aliphatic heterocycles. The van der Waals surface area contributed by atoms with E-state index in [1.165, 1.54) is 23.0 Å². The average molecular weight is 523 g/mol. The first-order chi connectivity index (χ1) is 19.0. The van der Waals surface area contributed by atoms with Crippen LogP contribution in [0.2, 0.25) is 0 Å². The van der Waals surface area contributed by atoms with Gasteiger partial charge in [-0.1, -0.05) is 24.6 Å². The monoisotopic (exact) mass is 522 g/mol. The molecular formula is C31H34N6O2. The lowest BCUT2D eigenvalue weighted by Crippen LogP contribution is -2.48. The summed E-state index contributed by atoms with van der Waals surface area (Å²) in [5.74, 6) is 1.47. The summed E-state index contributed by atoms with van der Waals surface area (Å²) in [4.78, 5) is 24.4. The third-order valence-electron chi connectivity index (χ3n) is 7.52. The molecule has 1 aliphatic carbocycles. The molecule has 1 saturated heterocycles. The number of nitrogens with one attached hydrogen (secondary N) is 1. The molecule has 2 heterocycles. The average Bonchev–Trinajstić information content (AvgIpc) is 3.14. The molecule has 0 bridgehead atoms. The number of benzene rings is 2. The molecule has 2 aromatic carbocycles. The van der Waals surface area contributed by atoms with Crippen LogP contribution in [-0.2, 0) is 17.6 Å². The molecule has 2 aliphatic rings. The highest BCUT2D eigenvalue weighted by atomic mass is 16.5. The fourth-order valence-corrected chi connectivity index (χ4v) is 5.35. The first kappa shape index (κ1) is 26.2. The number of hydrogen-bond acceptors (Lipinski definition) is 7. The smallest absolute Gasteiger partial charge is 0.242 e. The van der Waals surface area contributed by atoms with Gasteiger partial charge in [-0.15, -0.1) is 0 Å². The van der Waals surface area contributed by atoms with Crippen LogP contribution in [0.5, 0.6) is 11.6 Å². The number of aryl methyl sites for hydroxylation is 1. The summed E-state index contributed by atoms with van der Waals surface area (Å²) in [5, 5.41) is 13.3. The maximum atomic E-state index is 11.6. The second-order valence-electron chi connectivity index (χ2n) is 10.1. The molecule has 0 radical (unpaired) electrons. The van der Waals surface area contributed by atoms with Gasteiger partial charge in [-0.3, -0.25) is 4.79 Å². The molecule has 1 N–H and O–H groups in total. The molecule has 39 heavy (non-hydrogen) atoms. The highest BCUT2D eigenvalue weighted by Gasteiger charge is 2.20. The van der Waals surface area contributed by atoms with Gasteiger partial charge in [0.15, 0.2) is 11.4 Å². The summed E-state index contributed by atoms with van der Waals surface area (Å²) in [7, 11) is 0. The highest BCUT2D eigenvalue weighted by molar-refractivity contribution is 5.74. The summed E-state index contributed by atoms with van der Waals surface area (Å²) in [6, 6.07) is 14.4. The second-order valence-corrected chi connectivity index (χ2v) is 10.1. The van der Waals surface area contributed by atoms with Crippen LogP contribution < -0.4 is 15.0 Å². The number of nitrogens with zero attached hydrogens (tertiary/aromatic N) is 5. The Hall–Kier alpha value is -4.38. The number of amides is 1. The number of piperazine rings is 1. The standard InChI is InChI=1S/C31H34N6O2/c1-4-26-27-18-21(2)6-5-7-23(27)8-13-29(26)39-31-28(19-32)30(33-20-34-31)35-24-9-11-25(12-10-24)37-16-14-36(15-17-37)22(3)38/h8-13,18,20H,4-7,14-17H2,1-3H3,(H,33,34,35). The lowest BCUT2D eigenvalue weighted by Gasteiger charge is -2.35. The largest absolute Gasteiger partial charge is 0.437 e. The summed E-state index contributed by atoms with van der Waals surface area (Å²) in [6.07, 6.45) is 7.81. The molecule has 0 spiro atoms. The van der Waals surface area contributed by atoms with Gasteiger partial charge in [-0.05, 0) is 74.1 Å². The van der Waals surface area contributed by atoms with E-state index >= 15 is 0 Å². The molecule has 0 atom stereocenters. The van der Waals surface area contributed by atoms with Gasteiger partial charge < -0.3 is 19.9 Å². The van der Waals surface area contributed by atoms with Crippen molar-refractivity contribution in [2.24, 2.45) is 0 Å². The highest BCUT2D eigenvalue weighted by Crippen LogP contribution is 2.36. The Labute approximate surface area is 229 Å². The number of hydrogen-bond donors (Lipinski definition) is 1. The number of carbonyl (C=O) groups excluding carboxylic acids is 1. The zero-order chi connectivity index (χ0) is 27.4. The van der Waals surface area contributed by atoms with Crippen LogP contribution in [0.25, 0.3) is 6.08 Å². The van der Waals surface area contributed by atoms with Crippen molar-refractivity contribution in [1.82, 2.24) is 14.9 Å². The van der Waals surface area contributed by atoms with Gasteiger partial charge in [0.1, 0.15) is 18.1 Å². The predicted octanol–water partition coefficient (Wildman–Crippen LogP) is 5.85. The first-order valence-corrected chi connectivity index (χ1v) is 13.6. The molecule has 200 valence electrons. The summed E-state index contributed by atoms with van der Waals surface area (Å²) >= 11 is 0. The Kier molecular flexibility index (Phi) is 7.78. The van der Waals surface area contributed by atoms with E-state index < -0.39 is 0 Å². The number of ether oxygens (including phenoxy) is 1. The van der Waals surface area contributed by atoms with Crippen LogP contribution in [-0.4, -0.2) is 47.0 Å². The van der Waals surface area contributed by atoms with E-state index in [-0.39, 0.29) is 17.4 Å². The van der Waals surface area contributed by atoms with Crippen LogP contribution in [0.4, 0.5) is 17.2 Å². The molecule has 0 unspecified atom stereocenters. The number of aromatic nitrogens is 2. The fourth-order valence-electron chi connectivity index (χ4n) is 5.35. The van der Waals surface area contributed by atoms with E-state index in [0.717, 1.165) is 74.6 Å². The van der Waals surface area contributed by atoms with Crippen molar-refractivity contribution < 1.29 is 9.53 Å². The third-order valence-corrected chi connectivity index (χ3v) is 7.52. The van der Waals surface area contributed by atoms with E-state index in [9.17, 15) is 10.1 Å². The van der Waals surface area contributed by atoms with Gasteiger partial charge in [-0.25, -0.2) is 9.97 Å². The fraction of sp³-hybridized carbons (Fsp3) is 0.355. The minimum atomic E-state index is 0.121. The second kappa shape index (κ2) is 11.6. The predicted molar refractivity (Wildman–Crippen MR) is 153 cm³/mol. The van der Waals surface area contributed by atoms with Crippen molar-refractivity contribution in [3.05, 3.63) is 70.6 Å². The molecule has 1 amide bonds. The van der Waals surface area contributed by atoms with Gasteiger partial charge in [0, 0.05) is 50.0 Å². The molecule has 8 nitrogen and oxygen atoms in total. The number of anilines is 3. The van der Waals surface area contributed by atoms with Crippen molar-refractivity contribution in [2.75, 3.05) is 36.4 Å². The van der Waals surface area contributed by atoms with E-state index in [1.807, 2.05) is 35.2 Å². The van der Waals surface area contributed by atoms with E-state index in [4.69, 9.17) is 4.74 Å². The Bertz CT molecular complexity index is 1430. The molecule has 5 rings (SSSR count). The Morgan fingerprint density at radius 3 is 2.54 bits per heavy atom. The molecular weight excluding hydrogens is 488 g/mol. The van der Waals surface area contributed by atoms with Gasteiger partial charge in [0.05, 0.1) is 0 Å². The minimum absolute atomic E-state index is 0.121. The van der Waals surface area contributed by atoms with E-state index in [2.05, 4.69) is 52.2 Å². The van der Waals surface area contributed by atoms with E-state index in [1.54, 1.807) is 6.92 Å². The van der Waals surface area contributed by atoms with Crippen LogP contribution >= 0.6 is 0 Å². The molecule has 8 heteroatoms. The summed E-state index contributed by atoms with van der Waals surface area (Å²) in [6.45, 7) is 8.98. The van der Waals surface area contributed by atoms with E-state index in [0.29, 0.717) is 5.82 Å². The van der Waals surface area contributed by atoms with Gasteiger partial charge >= 0.3 is 0 Å². The molecule has 3 aromatic rings. The molecule has 1 fully saturated rings. The Morgan fingerprint density at radius 1 is 1.08 bits per heavy atom. The number of allylic oxidation sites excluding steroid dienone is 1. The third kappa shape index (κ3) is 5.73. The number of carbonyl (C=O) groups is 1. The summed E-state index contributed by atoms with van der Waals surface area (Å²) in [5.41, 5.74) is 7.23. The molecule has 1 aromatic heterocycles. The number of rotatable bonds is 6. The Balaban J connectivity index is 1.35. The van der Waals surface area contributed by atoms with Crippen LogP contribution in [0.15, 0.2) is 48.3 Å². The van der Waals surface area contributed by atoms with Crippen molar-refractivity contribution in [2.45, 2.75) is 46.5 Å². The van der Waals surface area contributed by atoms with Crippen molar-refractivity contribution in [1.29, 1.82) is 5.26 Å². The SMILES string of the molecule is CCc1c(Oc2ncnc(Nc3ccc(N4CCN(C(C)=O)CC4)cc3)c2C#N)ccc2c1C=C(C)CCC2. The quantitative estimate of drug-likeness (QED) is 0.434. The maximum Gasteiger partial charge on any atom is 0.242 e. The van der Waals surface area contributed by atoms with Crippen molar-refractivity contribution in [3.8, 4) is 17.7 Å². The first-order valence-electron chi connectivity index (χ1n) is 13.6. The normalized spacial score (nSPS) is 15.1. The Morgan fingerprint density at radius 2 is 1.85 bits per heavy atom. The van der Waals surface area contributed by atoms with Crippen molar-refractivity contribution >= 4 is 29.2 Å². The zero-order valence-electron chi connectivity index (χ0n) is 22.8. The molecule has 0 saturated carbocycles. The van der Waals surface area contributed by atoms with Gasteiger partial charge in [0.2, 0.25) is 11.8 Å².